The summed E-state index contributed by atoms with van der Waals surface area (Å²) in [5, 5.41) is 14.2. The molecule has 0 aliphatic rings. The van der Waals surface area contributed by atoms with E-state index in [1.165, 1.54) is 7.11 Å². The van der Waals surface area contributed by atoms with Gasteiger partial charge < -0.3 is 14.6 Å². The van der Waals surface area contributed by atoms with Gasteiger partial charge in [0.1, 0.15) is 6.04 Å². The molecule has 0 saturated heterocycles. The Morgan fingerprint density at radius 1 is 1.05 bits per heavy atom. The van der Waals surface area contributed by atoms with Crippen LogP contribution in [0.3, 0.4) is 0 Å². The van der Waals surface area contributed by atoms with E-state index in [0.29, 0.717) is 27.1 Å². The lowest BCUT2D eigenvalue weighted by molar-refractivity contribution is -0.142. The molecule has 0 bridgehead atoms. The fourth-order valence-electron chi connectivity index (χ4n) is 4.76. The Morgan fingerprint density at radius 2 is 1.82 bits per heavy atom. The molecule has 0 spiro atoms. The number of ether oxygens (including phenoxy) is 1. The Morgan fingerprint density at radius 3 is 2.55 bits per heavy atom. The average molecular weight is 592 g/mol. The van der Waals surface area contributed by atoms with Crippen LogP contribution in [-0.2, 0) is 23.0 Å². The molecule has 1 amide bonds. The highest BCUT2D eigenvalue weighted by Crippen LogP contribution is 2.36. The molecule has 0 saturated carbocycles. The number of aryl methyl sites for hydroxylation is 1. The maximum absolute atomic E-state index is 13.4. The first kappa shape index (κ1) is 27.5. The maximum Gasteiger partial charge on any atom is 0.328 e. The molecule has 0 aliphatic heterocycles. The van der Waals surface area contributed by atoms with E-state index in [0.717, 1.165) is 22.0 Å². The van der Waals surface area contributed by atoms with Crippen molar-refractivity contribution in [3.8, 4) is 17.2 Å². The number of methoxy groups -OCH3 is 1. The van der Waals surface area contributed by atoms with Gasteiger partial charge >= 0.3 is 5.97 Å². The SMILES string of the molecule is COC(=O)[C@H](Cc1ccc(-c2ccc(C#N)cc2Cl)c2ncccc12)NC(=O)c1c(Cl)cc2c(ccn2C)c1Cl. The zero-order valence-electron chi connectivity index (χ0n) is 21.3. The molecule has 40 heavy (non-hydrogen) atoms. The minimum atomic E-state index is -1.04. The Hall–Kier alpha value is -4.09. The zero-order chi connectivity index (χ0) is 28.6. The summed E-state index contributed by atoms with van der Waals surface area (Å²) < 4.78 is 6.86. The van der Waals surface area contributed by atoms with Gasteiger partial charge in [0.2, 0.25) is 0 Å². The topological polar surface area (TPSA) is 97.0 Å². The summed E-state index contributed by atoms with van der Waals surface area (Å²) in [5.74, 6) is -1.22. The molecule has 10 heteroatoms. The third-order valence-electron chi connectivity index (χ3n) is 6.77. The van der Waals surface area contributed by atoms with E-state index in [4.69, 9.17) is 39.5 Å². The van der Waals surface area contributed by atoms with Crippen LogP contribution in [0.2, 0.25) is 15.1 Å². The minimum absolute atomic E-state index is 0.0771. The highest BCUT2D eigenvalue weighted by atomic mass is 35.5. The Bertz CT molecular complexity index is 1860. The number of hydrogen-bond acceptors (Lipinski definition) is 5. The van der Waals surface area contributed by atoms with Gasteiger partial charge in [-0.05, 0) is 35.9 Å². The van der Waals surface area contributed by atoms with Crippen molar-refractivity contribution in [1.29, 1.82) is 5.26 Å². The molecule has 1 atom stereocenters. The Balaban J connectivity index is 1.51. The number of amides is 1. The number of aromatic nitrogens is 2. The van der Waals surface area contributed by atoms with E-state index < -0.39 is 17.9 Å². The number of esters is 1. The first-order valence-corrected chi connectivity index (χ1v) is 13.2. The number of fused-ring (bicyclic) bond motifs is 2. The number of carbonyl (C=O) groups is 2. The fraction of sp³-hybridized carbons (Fsp3) is 0.133. The van der Waals surface area contributed by atoms with Gasteiger partial charge in [-0.3, -0.25) is 9.78 Å². The molecule has 5 aromatic rings. The van der Waals surface area contributed by atoms with Crippen molar-refractivity contribution in [2.45, 2.75) is 12.5 Å². The van der Waals surface area contributed by atoms with Crippen LogP contribution >= 0.6 is 34.8 Å². The van der Waals surface area contributed by atoms with Crippen molar-refractivity contribution in [3.63, 3.8) is 0 Å². The number of benzene rings is 3. The second-order valence-electron chi connectivity index (χ2n) is 9.14. The lowest BCUT2D eigenvalue weighted by Gasteiger charge is -2.19. The van der Waals surface area contributed by atoms with E-state index in [-0.39, 0.29) is 22.0 Å². The number of halogens is 3. The number of rotatable bonds is 6. The van der Waals surface area contributed by atoms with Gasteiger partial charge in [0.15, 0.2) is 0 Å². The second-order valence-corrected chi connectivity index (χ2v) is 10.3. The predicted octanol–water partition coefficient (Wildman–Crippen LogP) is 6.74. The number of nitriles is 1. The highest BCUT2D eigenvalue weighted by molar-refractivity contribution is 6.43. The van der Waals surface area contributed by atoms with Crippen LogP contribution in [0.25, 0.3) is 32.9 Å². The molecular formula is C30H21Cl3N4O3. The monoisotopic (exact) mass is 590 g/mol. The summed E-state index contributed by atoms with van der Waals surface area (Å²) in [5.41, 5.74) is 4.19. The quantitative estimate of drug-likeness (QED) is 0.221. The minimum Gasteiger partial charge on any atom is -0.467 e. The van der Waals surface area contributed by atoms with Crippen molar-refractivity contribution < 1.29 is 14.3 Å². The fourth-order valence-corrected chi connectivity index (χ4v) is 5.72. The molecule has 200 valence electrons. The van der Waals surface area contributed by atoms with Crippen LogP contribution in [0, 0.1) is 11.3 Å². The van der Waals surface area contributed by atoms with Crippen LogP contribution in [0.4, 0.5) is 0 Å². The summed E-state index contributed by atoms with van der Waals surface area (Å²) in [6.07, 6.45) is 3.60. The molecule has 3 aromatic carbocycles. The van der Waals surface area contributed by atoms with Crippen molar-refractivity contribution >= 4 is 68.5 Å². The Labute approximate surface area is 244 Å². The maximum atomic E-state index is 13.4. The normalized spacial score (nSPS) is 11.8. The average Bonchev–Trinajstić information content (AvgIpc) is 3.32. The lowest BCUT2D eigenvalue weighted by Crippen LogP contribution is -2.43. The summed E-state index contributed by atoms with van der Waals surface area (Å²) in [7, 11) is 3.11. The van der Waals surface area contributed by atoms with E-state index in [2.05, 4.69) is 16.4 Å². The molecule has 0 unspecified atom stereocenters. The van der Waals surface area contributed by atoms with Crippen LogP contribution in [-0.4, -0.2) is 34.6 Å². The van der Waals surface area contributed by atoms with Gasteiger partial charge in [-0.15, -0.1) is 0 Å². The zero-order valence-corrected chi connectivity index (χ0v) is 23.6. The summed E-state index contributed by atoms with van der Waals surface area (Å²) >= 11 is 19.5. The predicted molar refractivity (Wildman–Crippen MR) is 157 cm³/mol. The number of nitrogens with one attached hydrogen (secondary N) is 1. The van der Waals surface area contributed by atoms with Crippen LogP contribution in [0.5, 0.6) is 0 Å². The van der Waals surface area contributed by atoms with Gasteiger partial charge in [-0.2, -0.15) is 5.26 Å². The van der Waals surface area contributed by atoms with Gasteiger partial charge in [0.25, 0.3) is 5.91 Å². The van der Waals surface area contributed by atoms with E-state index in [1.807, 2.05) is 36.0 Å². The standard InChI is InChI=1S/C30H21Cl3N4O3/c1-37-11-9-21-25(37)14-23(32)26(27(21)33)29(38)36-24(30(39)40-2)13-17-6-8-20(28-18(17)4-3-10-35-28)19-7-5-16(15-34)12-22(19)31/h3-12,14,24H,13H2,1-2H3,(H,36,38)/t24-/m0/s1. The summed E-state index contributed by atoms with van der Waals surface area (Å²) in [6, 6.07) is 16.9. The van der Waals surface area contributed by atoms with Gasteiger partial charge in [-0.25, -0.2) is 4.79 Å². The second kappa shape index (κ2) is 11.2. The Kier molecular flexibility index (Phi) is 7.68. The molecule has 0 fully saturated rings. The van der Waals surface area contributed by atoms with E-state index >= 15 is 0 Å². The van der Waals surface area contributed by atoms with Crippen molar-refractivity contribution in [2.24, 2.45) is 7.05 Å². The highest BCUT2D eigenvalue weighted by Gasteiger charge is 2.27. The number of pyridine rings is 1. The molecule has 0 aliphatic carbocycles. The molecule has 2 aromatic heterocycles. The molecule has 7 nitrogen and oxygen atoms in total. The van der Waals surface area contributed by atoms with Crippen molar-refractivity contribution in [3.05, 3.63) is 98.7 Å². The van der Waals surface area contributed by atoms with Gasteiger partial charge in [0, 0.05) is 52.8 Å². The number of carbonyl (C=O) groups excluding carboxylic acids is 2. The van der Waals surface area contributed by atoms with Crippen LogP contribution in [0.1, 0.15) is 21.5 Å². The van der Waals surface area contributed by atoms with Crippen LogP contribution < -0.4 is 5.32 Å². The van der Waals surface area contributed by atoms with Crippen molar-refractivity contribution in [1.82, 2.24) is 14.9 Å². The van der Waals surface area contributed by atoms with Gasteiger partial charge in [-0.1, -0.05) is 59.1 Å². The summed E-state index contributed by atoms with van der Waals surface area (Å²) in [4.78, 5) is 30.8. The molecule has 1 N–H and O–H groups in total. The number of nitrogens with zero attached hydrogens (tertiary/aromatic N) is 3. The largest absolute Gasteiger partial charge is 0.467 e. The van der Waals surface area contributed by atoms with Crippen molar-refractivity contribution in [2.75, 3.05) is 7.11 Å². The van der Waals surface area contributed by atoms with Crippen LogP contribution in [0.15, 0.2) is 67.0 Å². The van der Waals surface area contributed by atoms with E-state index in [1.54, 1.807) is 42.6 Å². The molecule has 2 heterocycles. The van der Waals surface area contributed by atoms with E-state index in [9.17, 15) is 14.9 Å². The number of hydrogen-bond donors (Lipinski definition) is 1. The summed E-state index contributed by atoms with van der Waals surface area (Å²) in [6.45, 7) is 0. The van der Waals surface area contributed by atoms with Gasteiger partial charge in [0.05, 0.1) is 45.4 Å². The first-order chi connectivity index (χ1) is 19.2. The third kappa shape index (κ3) is 4.98. The smallest absolute Gasteiger partial charge is 0.328 e. The molecule has 5 rings (SSSR count). The lowest BCUT2D eigenvalue weighted by atomic mass is 9.94. The molecular weight excluding hydrogens is 571 g/mol. The first-order valence-electron chi connectivity index (χ1n) is 12.1. The third-order valence-corrected chi connectivity index (χ3v) is 7.77. The molecule has 0 radical (unpaired) electrons.